The summed E-state index contributed by atoms with van der Waals surface area (Å²) in [6, 6.07) is 12.8. The van der Waals surface area contributed by atoms with Crippen LogP contribution in [0.1, 0.15) is 12.5 Å². The van der Waals surface area contributed by atoms with Crippen molar-refractivity contribution in [1.29, 1.82) is 0 Å². The molecule has 0 saturated heterocycles. The SMILES string of the molecule is CC(NC(=O)NCc1ccc2ccccc2c1)C(=O)NCCF. The molecular formula is C17H20FN3O2. The Bertz CT molecular complexity index is 690. The molecular weight excluding hydrogens is 297 g/mol. The number of carbonyl (C=O) groups is 2. The third kappa shape index (κ3) is 4.95. The number of hydrogen-bond acceptors (Lipinski definition) is 2. The Morgan fingerprint density at radius 2 is 1.83 bits per heavy atom. The van der Waals surface area contributed by atoms with E-state index in [1.165, 1.54) is 0 Å². The summed E-state index contributed by atoms with van der Waals surface area (Å²) < 4.78 is 12.0. The van der Waals surface area contributed by atoms with E-state index in [0.717, 1.165) is 16.3 Å². The number of nitrogens with one attached hydrogen (secondary N) is 3. The van der Waals surface area contributed by atoms with Crippen LogP contribution in [0.4, 0.5) is 9.18 Å². The molecule has 0 radical (unpaired) electrons. The lowest BCUT2D eigenvalue weighted by molar-refractivity contribution is -0.122. The van der Waals surface area contributed by atoms with E-state index in [9.17, 15) is 14.0 Å². The fraction of sp³-hybridized carbons (Fsp3) is 0.294. The monoisotopic (exact) mass is 317 g/mol. The second-order valence-electron chi connectivity index (χ2n) is 5.21. The molecule has 0 heterocycles. The molecule has 1 unspecified atom stereocenters. The first-order valence-electron chi connectivity index (χ1n) is 7.46. The second kappa shape index (κ2) is 8.12. The minimum absolute atomic E-state index is 0.0520. The maximum atomic E-state index is 12.0. The van der Waals surface area contributed by atoms with Gasteiger partial charge in [-0.05, 0) is 29.3 Å². The van der Waals surface area contributed by atoms with Crippen LogP contribution in [0.5, 0.6) is 0 Å². The molecule has 3 N–H and O–H groups in total. The number of fused-ring (bicyclic) bond motifs is 1. The predicted octanol–water partition coefficient (Wildman–Crippen LogP) is 2.11. The number of benzene rings is 2. The number of rotatable bonds is 6. The molecule has 3 amide bonds. The van der Waals surface area contributed by atoms with Crippen LogP contribution in [-0.2, 0) is 11.3 Å². The Hall–Kier alpha value is -2.63. The van der Waals surface area contributed by atoms with Crippen molar-refractivity contribution in [2.24, 2.45) is 0 Å². The Balaban J connectivity index is 1.84. The number of hydrogen-bond donors (Lipinski definition) is 3. The molecule has 0 bridgehead atoms. The Morgan fingerprint density at radius 1 is 1.09 bits per heavy atom. The first kappa shape index (κ1) is 16.7. The second-order valence-corrected chi connectivity index (χ2v) is 5.21. The van der Waals surface area contributed by atoms with Gasteiger partial charge in [0.15, 0.2) is 0 Å². The molecule has 23 heavy (non-hydrogen) atoms. The third-order valence-corrected chi connectivity index (χ3v) is 3.40. The predicted molar refractivity (Wildman–Crippen MR) is 87.8 cm³/mol. The smallest absolute Gasteiger partial charge is 0.315 e. The van der Waals surface area contributed by atoms with E-state index >= 15 is 0 Å². The molecule has 2 rings (SSSR count). The van der Waals surface area contributed by atoms with Gasteiger partial charge in [0.2, 0.25) is 5.91 Å². The van der Waals surface area contributed by atoms with Gasteiger partial charge in [-0.1, -0.05) is 36.4 Å². The molecule has 0 aliphatic heterocycles. The molecule has 0 aliphatic carbocycles. The average Bonchev–Trinajstić information content (AvgIpc) is 2.57. The van der Waals surface area contributed by atoms with Crippen molar-refractivity contribution >= 4 is 22.7 Å². The average molecular weight is 317 g/mol. The third-order valence-electron chi connectivity index (χ3n) is 3.40. The molecule has 1 atom stereocenters. The van der Waals surface area contributed by atoms with Gasteiger partial charge in [0, 0.05) is 13.1 Å². The van der Waals surface area contributed by atoms with Crippen molar-refractivity contribution in [1.82, 2.24) is 16.0 Å². The zero-order valence-corrected chi connectivity index (χ0v) is 12.9. The summed E-state index contributed by atoms with van der Waals surface area (Å²) in [5.74, 6) is -0.413. The first-order valence-corrected chi connectivity index (χ1v) is 7.46. The summed E-state index contributed by atoms with van der Waals surface area (Å²) >= 11 is 0. The zero-order chi connectivity index (χ0) is 16.7. The summed E-state index contributed by atoms with van der Waals surface area (Å²) in [6.45, 7) is 1.22. The highest BCUT2D eigenvalue weighted by atomic mass is 19.1. The molecule has 0 fully saturated rings. The lowest BCUT2D eigenvalue weighted by Gasteiger charge is -2.14. The van der Waals surface area contributed by atoms with Crippen molar-refractivity contribution in [2.75, 3.05) is 13.2 Å². The minimum Gasteiger partial charge on any atom is -0.352 e. The van der Waals surface area contributed by atoms with Gasteiger partial charge >= 0.3 is 6.03 Å². The summed E-state index contributed by atoms with van der Waals surface area (Å²) in [6.07, 6.45) is 0. The van der Waals surface area contributed by atoms with Crippen molar-refractivity contribution < 1.29 is 14.0 Å². The summed E-state index contributed by atoms with van der Waals surface area (Å²) in [4.78, 5) is 23.3. The fourth-order valence-electron chi connectivity index (χ4n) is 2.17. The standard InChI is InChI=1S/C17H20FN3O2/c1-12(16(22)19-9-8-18)21-17(23)20-11-13-6-7-14-4-2-3-5-15(14)10-13/h2-7,10,12H,8-9,11H2,1H3,(H,19,22)(H2,20,21,23). The minimum atomic E-state index is -0.724. The number of urea groups is 1. The molecule has 0 aliphatic rings. The molecule has 2 aromatic carbocycles. The molecule has 0 spiro atoms. The van der Waals surface area contributed by atoms with Crippen LogP contribution in [-0.4, -0.2) is 31.2 Å². The molecule has 122 valence electrons. The molecule has 6 heteroatoms. The topological polar surface area (TPSA) is 70.2 Å². The van der Waals surface area contributed by atoms with E-state index in [1.54, 1.807) is 6.92 Å². The Morgan fingerprint density at radius 3 is 2.57 bits per heavy atom. The molecule has 2 aromatic rings. The van der Waals surface area contributed by atoms with E-state index in [2.05, 4.69) is 16.0 Å². The highest BCUT2D eigenvalue weighted by molar-refractivity contribution is 5.86. The highest BCUT2D eigenvalue weighted by Crippen LogP contribution is 2.15. The zero-order valence-electron chi connectivity index (χ0n) is 12.9. The maximum Gasteiger partial charge on any atom is 0.315 e. The van der Waals surface area contributed by atoms with Crippen LogP contribution in [0, 0.1) is 0 Å². The van der Waals surface area contributed by atoms with E-state index < -0.39 is 24.7 Å². The first-order chi connectivity index (χ1) is 11.1. The van der Waals surface area contributed by atoms with Crippen LogP contribution >= 0.6 is 0 Å². The number of amides is 3. The number of carbonyl (C=O) groups excluding carboxylic acids is 2. The summed E-state index contributed by atoms with van der Waals surface area (Å²) in [5.41, 5.74) is 0.966. The van der Waals surface area contributed by atoms with Gasteiger partial charge in [0.05, 0.1) is 0 Å². The van der Waals surface area contributed by atoms with E-state index in [0.29, 0.717) is 6.54 Å². The number of alkyl halides is 1. The molecule has 0 saturated carbocycles. The van der Waals surface area contributed by atoms with Gasteiger partial charge in [-0.15, -0.1) is 0 Å². The lowest BCUT2D eigenvalue weighted by atomic mass is 10.1. The van der Waals surface area contributed by atoms with Gasteiger partial charge in [-0.3, -0.25) is 4.79 Å². The fourth-order valence-corrected chi connectivity index (χ4v) is 2.17. The van der Waals surface area contributed by atoms with Gasteiger partial charge in [-0.2, -0.15) is 0 Å². The summed E-state index contributed by atoms with van der Waals surface area (Å²) in [5, 5.41) is 9.83. The van der Waals surface area contributed by atoms with Gasteiger partial charge in [-0.25, -0.2) is 9.18 Å². The van der Waals surface area contributed by atoms with Crippen LogP contribution in [0.25, 0.3) is 10.8 Å². The quantitative estimate of drug-likeness (QED) is 0.764. The van der Waals surface area contributed by atoms with Crippen molar-refractivity contribution in [3.8, 4) is 0 Å². The van der Waals surface area contributed by atoms with Gasteiger partial charge in [0.1, 0.15) is 12.7 Å². The van der Waals surface area contributed by atoms with Crippen molar-refractivity contribution in [3.05, 3.63) is 48.0 Å². The van der Waals surface area contributed by atoms with Crippen LogP contribution < -0.4 is 16.0 Å². The van der Waals surface area contributed by atoms with E-state index in [-0.39, 0.29) is 6.54 Å². The summed E-state index contributed by atoms with van der Waals surface area (Å²) in [7, 11) is 0. The van der Waals surface area contributed by atoms with Gasteiger partial charge in [0.25, 0.3) is 0 Å². The number of halogens is 1. The lowest BCUT2D eigenvalue weighted by Crippen LogP contribution is -2.48. The Kier molecular flexibility index (Phi) is 5.91. The highest BCUT2D eigenvalue weighted by Gasteiger charge is 2.14. The normalized spacial score (nSPS) is 11.7. The van der Waals surface area contributed by atoms with E-state index in [4.69, 9.17) is 0 Å². The van der Waals surface area contributed by atoms with E-state index in [1.807, 2.05) is 42.5 Å². The maximum absolute atomic E-state index is 12.0. The van der Waals surface area contributed by atoms with Crippen LogP contribution in [0.3, 0.4) is 0 Å². The van der Waals surface area contributed by atoms with Crippen molar-refractivity contribution in [3.63, 3.8) is 0 Å². The molecule has 0 aromatic heterocycles. The van der Waals surface area contributed by atoms with Crippen molar-refractivity contribution in [2.45, 2.75) is 19.5 Å². The van der Waals surface area contributed by atoms with Crippen LogP contribution in [0.2, 0.25) is 0 Å². The Labute approximate surface area is 134 Å². The largest absolute Gasteiger partial charge is 0.352 e. The van der Waals surface area contributed by atoms with Crippen LogP contribution in [0.15, 0.2) is 42.5 Å². The van der Waals surface area contributed by atoms with Gasteiger partial charge < -0.3 is 16.0 Å². The molecule has 5 nitrogen and oxygen atoms in total.